The summed E-state index contributed by atoms with van der Waals surface area (Å²) in [4.78, 5) is 30.2. The summed E-state index contributed by atoms with van der Waals surface area (Å²) < 4.78 is 15.0. The summed E-state index contributed by atoms with van der Waals surface area (Å²) in [5, 5.41) is 11.7. The third-order valence-corrected chi connectivity index (χ3v) is 6.03. The number of hydrogen-bond donors (Lipinski definition) is 2. The Kier molecular flexibility index (Phi) is 4.75. The van der Waals surface area contributed by atoms with E-state index < -0.39 is 11.7 Å². The monoisotopic (exact) mass is 449 g/mol. The van der Waals surface area contributed by atoms with Gasteiger partial charge in [0.2, 0.25) is 11.8 Å². The Bertz CT molecular complexity index is 1020. The number of hydrogen-bond acceptors (Lipinski definition) is 5. The second kappa shape index (κ2) is 7.20. The predicted molar refractivity (Wildman–Crippen MR) is 103 cm³/mol. The highest BCUT2D eigenvalue weighted by Crippen LogP contribution is 2.39. The number of aromatic nitrogens is 3. The Morgan fingerprint density at radius 1 is 1.41 bits per heavy atom. The van der Waals surface area contributed by atoms with Crippen molar-refractivity contribution in [2.24, 2.45) is 0 Å². The van der Waals surface area contributed by atoms with Crippen molar-refractivity contribution < 1.29 is 14.0 Å². The van der Waals surface area contributed by atoms with Gasteiger partial charge in [0.25, 0.3) is 0 Å². The number of aromatic amines is 1. The van der Waals surface area contributed by atoms with Crippen molar-refractivity contribution in [1.29, 1.82) is 0 Å². The van der Waals surface area contributed by atoms with Crippen molar-refractivity contribution in [3.8, 4) is 11.4 Å². The molecule has 1 aromatic carbocycles. The van der Waals surface area contributed by atoms with Crippen LogP contribution in [0.3, 0.4) is 0 Å². The van der Waals surface area contributed by atoms with E-state index in [9.17, 15) is 14.0 Å². The molecule has 7 nitrogen and oxygen atoms in total. The van der Waals surface area contributed by atoms with Crippen LogP contribution in [0.2, 0.25) is 0 Å². The largest absolute Gasteiger partial charge is 0.315 e. The number of benzene rings is 1. The third-order valence-electron chi connectivity index (χ3n) is 4.20. The zero-order chi connectivity index (χ0) is 19.0. The molecule has 2 amide bonds. The van der Waals surface area contributed by atoms with E-state index in [4.69, 9.17) is 0 Å². The maximum absolute atomic E-state index is 14.3. The van der Waals surface area contributed by atoms with E-state index in [1.165, 1.54) is 28.6 Å². The molecule has 2 N–H and O–H groups in total. The Morgan fingerprint density at radius 2 is 2.26 bits per heavy atom. The SMILES string of the molecule is O=C(CN1C(=O)CCc2cccc(F)c21)Nc1scc(Br)c1-c1ncn[nH]1. The molecule has 3 aromatic rings. The number of anilines is 2. The second-order valence-electron chi connectivity index (χ2n) is 5.90. The maximum Gasteiger partial charge on any atom is 0.245 e. The number of halogens is 2. The lowest BCUT2D eigenvalue weighted by atomic mass is 10.0. The Morgan fingerprint density at radius 3 is 3.04 bits per heavy atom. The highest BCUT2D eigenvalue weighted by Gasteiger charge is 2.29. The number of H-pyrrole nitrogens is 1. The molecule has 138 valence electrons. The summed E-state index contributed by atoms with van der Waals surface area (Å²) in [5.74, 6) is -0.696. The van der Waals surface area contributed by atoms with Gasteiger partial charge in [-0.3, -0.25) is 19.6 Å². The molecule has 10 heteroatoms. The molecule has 0 unspecified atom stereocenters. The fourth-order valence-corrected chi connectivity index (χ4v) is 4.65. The number of fused-ring (bicyclic) bond motifs is 1. The summed E-state index contributed by atoms with van der Waals surface area (Å²) >= 11 is 4.73. The lowest BCUT2D eigenvalue weighted by molar-refractivity contribution is -0.121. The number of rotatable bonds is 4. The lowest BCUT2D eigenvalue weighted by Crippen LogP contribution is -2.41. The average molecular weight is 450 g/mol. The molecule has 0 saturated heterocycles. The van der Waals surface area contributed by atoms with E-state index in [1.807, 2.05) is 5.38 Å². The van der Waals surface area contributed by atoms with Crippen LogP contribution in [0.25, 0.3) is 11.4 Å². The van der Waals surface area contributed by atoms with E-state index >= 15 is 0 Å². The number of aryl methyl sites for hydroxylation is 1. The van der Waals surface area contributed by atoms with Gasteiger partial charge in [0.05, 0.1) is 11.3 Å². The van der Waals surface area contributed by atoms with Crippen molar-refractivity contribution in [2.45, 2.75) is 12.8 Å². The number of amides is 2. The lowest BCUT2D eigenvalue weighted by Gasteiger charge is -2.29. The first-order valence-electron chi connectivity index (χ1n) is 8.05. The molecular formula is C17H13BrFN5O2S. The van der Waals surface area contributed by atoms with Crippen LogP contribution in [0.4, 0.5) is 15.1 Å². The minimum absolute atomic E-state index is 0.187. The van der Waals surface area contributed by atoms with Crippen molar-refractivity contribution in [3.05, 3.63) is 45.8 Å². The smallest absolute Gasteiger partial charge is 0.245 e. The zero-order valence-electron chi connectivity index (χ0n) is 13.8. The van der Waals surface area contributed by atoms with Gasteiger partial charge in [-0.2, -0.15) is 5.10 Å². The van der Waals surface area contributed by atoms with Gasteiger partial charge in [-0.25, -0.2) is 9.37 Å². The van der Waals surface area contributed by atoms with Gasteiger partial charge in [-0.05, 0) is 34.0 Å². The van der Waals surface area contributed by atoms with E-state index in [0.717, 1.165) is 10.0 Å². The minimum atomic E-state index is -0.505. The number of nitrogens with zero attached hydrogens (tertiary/aromatic N) is 3. The van der Waals surface area contributed by atoms with E-state index in [-0.39, 0.29) is 24.6 Å². The first-order valence-corrected chi connectivity index (χ1v) is 9.72. The molecule has 0 radical (unpaired) electrons. The number of thiophene rings is 1. The third kappa shape index (κ3) is 3.37. The molecular weight excluding hydrogens is 437 g/mol. The van der Waals surface area contributed by atoms with Crippen LogP contribution >= 0.6 is 27.3 Å². The molecule has 1 aliphatic heterocycles. The molecule has 0 aliphatic carbocycles. The van der Waals surface area contributed by atoms with Crippen LogP contribution in [-0.4, -0.2) is 33.5 Å². The topological polar surface area (TPSA) is 91.0 Å². The Labute approximate surface area is 165 Å². The molecule has 0 saturated carbocycles. The van der Waals surface area contributed by atoms with E-state index in [1.54, 1.807) is 12.1 Å². The number of nitrogens with one attached hydrogen (secondary N) is 2. The van der Waals surface area contributed by atoms with Gasteiger partial charge < -0.3 is 5.32 Å². The van der Waals surface area contributed by atoms with E-state index in [0.29, 0.717) is 22.8 Å². The Hall–Kier alpha value is -2.59. The second-order valence-corrected chi connectivity index (χ2v) is 7.63. The average Bonchev–Trinajstić information content (AvgIpc) is 3.27. The molecule has 0 spiro atoms. The van der Waals surface area contributed by atoms with Gasteiger partial charge in [-0.1, -0.05) is 12.1 Å². The van der Waals surface area contributed by atoms with Crippen LogP contribution < -0.4 is 10.2 Å². The number of carbonyl (C=O) groups excluding carboxylic acids is 2. The van der Waals surface area contributed by atoms with Gasteiger partial charge >= 0.3 is 0 Å². The van der Waals surface area contributed by atoms with Crippen molar-refractivity contribution in [3.63, 3.8) is 0 Å². The van der Waals surface area contributed by atoms with Gasteiger partial charge in [-0.15, -0.1) is 11.3 Å². The number of carbonyl (C=O) groups is 2. The van der Waals surface area contributed by atoms with Crippen LogP contribution in [0.1, 0.15) is 12.0 Å². The summed E-state index contributed by atoms with van der Waals surface area (Å²) in [5.41, 5.74) is 1.58. The standard InChI is InChI=1S/C17H13BrFN5O2S/c18-10-7-27-17(14(10)16-20-8-21-23-16)22-12(25)6-24-13(26)5-4-9-2-1-3-11(19)15(9)24/h1-3,7-8H,4-6H2,(H,22,25)(H,20,21,23). The van der Waals surface area contributed by atoms with Gasteiger partial charge in [0.1, 0.15) is 23.7 Å². The molecule has 0 atom stereocenters. The summed E-state index contributed by atoms with van der Waals surface area (Å²) in [6.45, 7) is -0.266. The molecule has 3 heterocycles. The van der Waals surface area contributed by atoms with Gasteiger partial charge in [0.15, 0.2) is 5.82 Å². The highest BCUT2D eigenvalue weighted by atomic mass is 79.9. The first kappa shape index (κ1) is 17.8. The van der Waals surface area contributed by atoms with E-state index in [2.05, 4.69) is 36.4 Å². The van der Waals surface area contributed by atoms with Crippen LogP contribution in [-0.2, 0) is 16.0 Å². The van der Waals surface area contributed by atoms with Crippen molar-refractivity contribution >= 4 is 49.8 Å². The fourth-order valence-electron chi connectivity index (χ4n) is 3.02. The zero-order valence-corrected chi connectivity index (χ0v) is 16.2. The quantitative estimate of drug-likeness (QED) is 0.638. The fraction of sp³-hybridized carbons (Fsp3) is 0.176. The summed E-state index contributed by atoms with van der Waals surface area (Å²) in [6.07, 6.45) is 2.09. The first-order chi connectivity index (χ1) is 13.0. The highest BCUT2D eigenvalue weighted by molar-refractivity contribution is 9.10. The van der Waals surface area contributed by atoms with Crippen LogP contribution in [0, 0.1) is 5.82 Å². The molecule has 27 heavy (non-hydrogen) atoms. The summed E-state index contributed by atoms with van der Waals surface area (Å²) in [6, 6.07) is 4.67. The van der Waals surface area contributed by atoms with Crippen LogP contribution in [0.5, 0.6) is 0 Å². The van der Waals surface area contributed by atoms with Crippen molar-refractivity contribution in [2.75, 3.05) is 16.8 Å². The molecule has 0 fully saturated rings. The predicted octanol–water partition coefficient (Wildman–Crippen LogP) is 3.35. The molecule has 1 aliphatic rings. The normalized spacial score (nSPS) is 13.6. The molecule has 4 rings (SSSR count). The van der Waals surface area contributed by atoms with Gasteiger partial charge in [0, 0.05) is 16.3 Å². The summed E-state index contributed by atoms with van der Waals surface area (Å²) in [7, 11) is 0. The molecule has 0 bridgehead atoms. The number of para-hydroxylation sites is 1. The Balaban J connectivity index is 1.58. The van der Waals surface area contributed by atoms with Crippen LogP contribution in [0.15, 0.2) is 34.4 Å². The minimum Gasteiger partial charge on any atom is -0.315 e. The van der Waals surface area contributed by atoms with Crippen molar-refractivity contribution in [1.82, 2.24) is 15.2 Å². The molecule has 2 aromatic heterocycles. The maximum atomic E-state index is 14.3.